The fourth-order valence-corrected chi connectivity index (χ4v) is 3.00. The van der Waals surface area contributed by atoms with Gasteiger partial charge in [-0.1, -0.05) is 33.6 Å². The fourth-order valence-electron chi connectivity index (χ4n) is 2.14. The summed E-state index contributed by atoms with van der Waals surface area (Å²) in [6.45, 7) is 1.85. The lowest BCUT2D eigenvalue weighted by molar-refractivity contribution is 0.526. The van der Waals surface area contributed by atoms with Crippen LogP contribution >= 0.6 is 27.5 Å². The van der Waals surface area contributed by atoms with Crippen LogP contribution in [0.2, 0.25) is 5.02 Å². The predicted octanol–water partition coefficient (Wildman–Crippen LogP) is 3.03. The molecule has 3 N–H and O–H groups in total. The minimum absolute atomic E-state index is 0.197. The van der Waals surface area contributed by atoms with Crippen LogP contribution < -0.4 is 11.3 Å². The van der Waals surface area contributed by atoms with Gasteiger partial charge in [-0.05, 0) is 24.6 Å². The molecule has 108 valence electrons. The highest BCUT2D eigenvalue weighted by Gasteiger charge is 2.19. The number of nitrogens with zero attached hydrogens (tertiary/aromatic N) is 2. The van der Waals surface area contributed by atoms with E-state index in [0.717, 1.165) is 17.0 Å². The normalized spacial score (nSPS) is 12.7. The van der Waals surface area contributed by atoms with Crippen LogP contribution in [0.1, 0.15) is 23.0 Å². The number of rotatable bonds is 4. The smallest absolute Gasteiger partial charge is 0.124 e. The first kappa shape index (κ1) is 15.4. The minimum Gasteiger partial charge on any atom is -0.271 e. The number of nitrogens with two attached hydrogens (primary N) is 1. The Morgan fingerprint density at radius 2 is 2.25 bits per heavy atom. The van der Waals surface area contributed by atoms with E-state index in [1.807, 2.05) is 14.0 Å². The third kappa shape index (κ3) is 3.03. The monoisotopic (exact) mass is 360 g/mol. The Kier molecular flexibility index (Phi) is 4.80. The first-order valence-electron chi connectivity index (χ1n) is 6.03. The number of aromatic nitrogens is 2. The zero-order valence-electron chi connectivity index (χ0n) is 11.1. The predicted molar refractivity (Wildman–Crippen MR) is 80.8 cm³/mol. The van der Waals surface area contributed by atoms with Crippen LogP contribution in [0.3, 0.4) is 0 Å². The molecule has 1 aromatic carbocycles. The quantitative estimate of drug-likeness (QED) is 0.650. The molecular weight excluding hydrogens is 347 g/mol. The lowest BCUT2D eigenvalue weighted by Crippen LogP contribution is -2.30. The molecule has 0 saturated heterocycles. The van der Waals surface area contributed by atoms with Crippen molar-refractivity contribution in [1.29, 1.82) is 0 Å². The third-order valence-electron chi connectivity index (χ3n) is 3.20. The molecule has 1 aromatic heterocycles. The summed E-state index contributed by atoms with van der Waals surface area (Å²) in [5.74, 6) is 5.33. The number of aryl methyl sites for hydroxylation is 2. The van der Waals surface area contributed by atoms with Crippen LogP contribution in [0.15, 0.2) is 22.7 Å². The van der Waals surface area contributed by atoms with Gasteiger partial charge in [-0.25, -0.2) is 4.39 Å². The number of nitrogens with one attached hydrogen (secondary N) is 1. The lowest BCUT2D eigenvalue weighted by atomic mass is 10.0. The molecule has 0 spiro atoms. The van der Waals surface area contributed by atoms with Crippen molar-refractivity contribution < 1.29 is 4.39 Å². The molecule has 2 rings (SSSR count). The highest BCUT2D eigenvalue weighted by molar-refractivity contribution is 9.10. The Hall–Kier alpha value is -0.950. The maximum Gasteiger partial charge on any atom is 0.124 e. The van der Waals surface area contributed by atoms with E-state index in [9.17, 15) is 4.39 Å². The summed E-state index contributed by atoms with van der Waals surface area (Å²) < 4.78 is 15.6. The average molecular weight is 362 g/mol. The van der Waals surface area contributed by atoms with Crippen LogP contribution in [0.25, 0.3) is 0 Å². The molecular formula is C13H15BrClFN4. The van der Waals surface area contributed by atoms with Gasteiger partial charge in [-0.3, -0.25) is 16.0 Å². The van der Waals surface area contributed by atoms with Crippen molar-refractivity contribution in [2.45, 2.75) is 19.4 Å². The Balaban J connectivity index is 2.33. The first-order valence-corrected chi connectivity index (χ1v) is 7.20. The molecule has 0 aliphatic carbocycles. The molecule has 1 atom stereocenters. The van der Waals surface area contributed by atoms with Gasteiger partial charge in [0.25, 0.3) is 0 Å². The van der Waals surface area contributed by atoms with Crippen molar-refractivity contribution in [2.24, 2.45) is 12.9 Å². The number of halogens is 3. The number of hydrogen-bond acceptors (Lipinski definition) is 3. The van der Waals surface area contributed by atoms with Gasteiger partial charge in [0.05, 0.1) is 22.5 Å². The van der Waals surface area contributed by atoms with E-state index in [-0.39, 0.29) is 11.9 Å². The first-order chi connectivity index (χ1) is 9.43. The van der Waals surface area contributed by atoms with Crippen molar-refractivity contribution in [3.63, 3.8) is 0 Å². The third-order valence-corrected chi connectivity index (χ3v) is 4.38. The van der Waals surface area contributed by atoms with Crippen molar-refractivity contribution in [2.75, 3.05) is 0 Å². The highest BCUT2D eigenvalue weighted by atomic mass is 79.9. The standard InChI is InChI=1S/C13H15BrClFN4/c1-7-13(15)12(20(2)19-7)6-11(18-17)9-4-3-8(16)5-10(9)14/h3-5,11,18H,6,17H2,1-2H3. The maximum atomic E-state index is 13.2. The van der Waals surface area contributed by atoms with Gasteiger partial charge >= 0.3 is 0 Å². The van der Waals surface area contributed by atoms with Crippen molar-refractivity contribution in [3.8, 4) is 0 Å². The number of hydrazine groups is 1. The van der Waals surface area contributed by atoms with Crippen molar-refractivity contribution >= 4 is 27.5 Å². The Morgan fingerprint density at radius 1 is 1.55 bits per heavy atom. The second kappa shape index (κ2) is 6.22. The van der Waals surface area contributed by atoms with Gasteiger partial charge in [-0.2, -0.15) is 5.10 Å². The molecule has 1 unspecified atom stereocenters. The zero-order valence-corrected chi connectivity index (χ0v) is 13.5. The molecule has 0 bridgehead atoms. The average Bonchev–Trinajstić information content (AvgIpc) is 2.62. The van der Waals surface area contributed by atoms with E-state index in [1.165, 1.54) is 12.1 Å². The topological polar surface area (TPSA) is 55.9 Å². The highest BCUT2D eigenvalue weighted by Crippen LogP contribution is 2.29. The summed E-state index contributed by atoms with van der Waals surface area (Å²) in [4.78, 5) is 0. The molecule has 0 fully saturated rings. The van der Waals surface area contributed by atoms with Crippen molar-refractivity contribution in [3.05, 3.63) is 50.5 Å². The molecule has 2 aromatic rings. The second-order valence-electron chi connectivity index (χ2n) is 4.56. The summed E-state index contributed by atoms with van der Waals surface area (Å²) >= 11 is 9.60. The van der Waals surface area contributed by atoms with E-state index in [0.29, 0.717) is 15.9 Å². The van der Waals surface area contributed by atoms with Gasteiger partial charge in [0.15, 0.2) is 0 Å². The molecule has 0 aliphatic heterocycles. The van der Waals surface area contributed by atoms with Gasteiger partial charge in [0.1, 0.15) is 5.82 Å². The molecule has 0 radical (unpaired) electrons. The second-order valence-corrected chi connectivity index (χ2v) is 5.79. The Bertz CT molecular complexity index is 629. The molecule has 0 amide bonds. The summed E-state index contributed by atoms with van der Waals surface area (Å²) in [6.07, 6.45) is 0.552. The Labute approximate surface area is 130 Å². The summed E-state index contributed by atoms with van der Waals surface area (Å²) in [6, 6.07) is 4.31. The Morgan fingerprint density at radius 3 is 2.75 bits per heavy atom. The fraction of sp³-hybridized carbons (Fsp3) is 0.308. The molecule has 0 saturated carbocycles. The van der Waals surface area contributed by atoms with Crippen LogP contribution in [0.4, 0.5) is 4.39 Å². The minimum atomic E-state index is -0.300. The summed E-state index contributed by atoms with van der Waals surface area (Å²) in [7, 11) is 1.83. The number of hydrogen-bond donors (Lipinski definition) is 2. The van der Waals surface area contributed by atoms with Crippen LogP contribution in [0, 0.1) is 12.7 Å². The number of benzene rings is 1. The molecule has 7 heteroatoms. The largest absolute Gasteiger partial charge is 0.271 e. The van der Waals surface area contributed by atoms with Gasteiger partial charge in [0, 0.05) is 17.9 Å². The van der Waals surface area contributed by atoms with Crippen LogP contribution in [0.5, 0.6) is 0 Å². The van der Waals surface area contributed by atoms with E-state index in [1.54, 1.807) is 10.7 Å². The van der Waals surface area contributed by atoms with Gasteiger partial charge in [0.2, 0.25) is 0 Å². The molecule has 0 aliphatic rings. The van der Waals surface area contributed by atoms with E-state index in [2.05, 4.69) is 26.5 Å². The lowest BCUT2D eigenvalue weighted by Gasteiger charge is -2.18. The van der Waals surface area contributed by atoms with Crippen LogP contribution in [-0.4, -0.2) is 9.78 Å². The molecule has 1 heterocycles. The molecule has 20 heavy (non-hydrogen) atoms. The van der Waals surface area contributed by atoms with Gasteiger partial charge < -0.3 is 0 Å². The van der Waals surface area contributed by atoms with Crippen LogP contribution in [-0.2, 0) is 13.5 Å². The van der Waals surface area contributed by atoms with E-state index >= 15 is 0 Å². The maximum absolute atomic E-state index is 13.2. The molecule has 4 nitrogen and oxygen atoms in total. The van der Waals surface area contributed by atoms with E-state index in [4.69, 9.17) is 17.4 Å². The SMILES string of the molecule is Cc1nn(C)c(CC(NN)c2ccc(F)cc2Br)c1Cl. The van der Waals surface area contributed by atoms with Crippen molar-refractivity contribution in [1.82, 2.24) is 15.2 Å². The zero-order chi connectivity index (χ0) is 14.9. The van der Waals surface area contributed by atoms with E-state index < -0.39 is 0 Å². The summed E-state index contributed by atoms with van der Waals surface area (Å²) in [5, 5.41) is 4.90. The summed E-state index contributed by atoms with van der Waals surface area (Å²) in [5.41, 5.74) is 5.26. The van der Waals surface area contributed by atoms with Gasteiger partial charge in [-0.15, -0.1) is 0 Å².